The summed E-state index contributed by atoms with van der Waals surface area (Å²) < 4.78 is 27.7. The average Bonchev–Trinajstić information content (AvgIpc) is 2.02. The Kier molecular flexibility index (Phi) is 1.53. The molecule has 13 heavy (non-hydrogen) atoms. The molecule has 0 aromatic heterocycles. The first-order chi connectivity index (χ1) is 6.08. The molecule has 1 aromatic carbocycles. The van der Waals surface area contributed by atoms with Gasteiger partial charge >= 0.3 is 10.2 Å². The van der Waals surface area contributed by atoms with Crippen LogP contribution >= 0.6 is 0 Å². The molecule has 0 fully saturated rings. The van der Waals surface area contributed by atoms with Gasteiger partial charge in [-0.15, -0.1) is 4.40 Å². The molecule has 0 atom stereocenters. The van der Waals surface area contributed by atoms with Crippen molar-refractivity contribution in [2.24, 2.45) is 10.1 Å². The number of fused-ring (bicyclic) bond motifs is 1. The maximum absolute atomic E-state index is 11.0. The number of nitrogens with two attached hydrogens (primary N) is 1. The van der Waals surface area contributed by atoms with Crippen molar-refractivity contribution in [3.63, 3.8) is 0 Å². The van der Waals surface area contributed by atoms with Crippen LogP contribution in [0.5, 0.6) is 0 Å². The molecule has 1 aromatic rings. The van der Waals surface area contributed by atoms with E-state index in [0.717, 1.165) is 0 Å². The summed E-state index contributed by atoms with van der Waals surface area (Å²) in [4.78, 5) is 0. The zero-order valence-electron chi connectivity index (χ0n) is 6.56. The van der Waals surface area contributed by atoms with Crippen molar-refractivity contribution in [2.75, 3.05) is 4.72 Å². The molecular formula is C7H7N3O2S. The van der Waals surface area contributed by atoms with Gasteiger partial charge in [-0.05, 0) is 12.1 Å². The zero-order chi connectivity index (χ0) is 9.47. The number of rotatable bonds is 0. The fourth-order valence-corrected chi connectivity index (χ4v) is 1.99. The number of benzene rings is 1. The van der Waals surface area contributed by atoms with Crippen LogP contribution in [0, 0.1) is 0 Å². The number of hydrogen-bond acceptors (Lipinski definition) is 3. The Bertz CT molecular complexity index is 478. The lowest BCUT2D eigenvalue weighted by Gasteiger charge is -2.14. The van der Waals surface area contributed by atoms with E-state index in [1.165, 1.54) is 0 Å². The molecule has 0 radical (unpaired) electrons. The molecule has 2 rings (SSSR count). The minimum absolute atomic E-state index is 0.0225. The van der Waals surface area contributed by atoms with E-state index in [1.54, 1.807) is 24.3 Å². The first-order valence-corrected chi connectivity index (χ1v) is 5.00. The predicted octanol–water partition coefficient (Wildman–Crippen LogP) is 0.0622. The second-order valence-electron chi connectivity index (χ2n) is 2.60. The molecule has 1 aliphatic rings. The van der Waals surface area contributed by atoms with E-state index in [9.17, 15) is 8.42 Å². The molecule has 0 unspecified atom stereocenters. The molecule has 1 aliphatic heterocycles. The van der Waals surface area contributed by atoms with Crippen molar-refractivity contribution in [1.82, 2.24) is 0 Å². The summed E-state index contributed by atoms with van der Waals surface area (Å²) in [6.45, 7) is 0. The molecule has 0 saturated heterocycles. The second kappa shape index (κ2) is 2.46. The number of hydrogen-bond donors (Lipinski definition) is 2. The van der Waals surface area contributed by atoms with Gasteiger partial charge < -0.3 is 5.73 Å². The first-order valence-electron chi connectivity index (χ1n) is 3.56. The third kappa shape index (κ3) is 1.35. The van der Waals surface area contributed by atoms with Crippen molar-refractivity contribution in [1.29, 1.82) is 0 Å². The fourth-order valence-electron chi connectivity index (χ4n) is 1.14. The van der Waals surface area contributed by atoms with Gasteiger partial charge in [-0.25, -0.2) is 0 Å². The van der Waals surface area contributed by atoms with Gasteiger partial charge in [0, 0.05) is 5.56 Å². The van der Waals surface area contributed by atoms with E-state index in [2.05, 4.69) is 9.12 Å². The Morgan fingerprint density at radius 1 is 1.31 bits per heavy atom. The third-order valence-corrected chi connectivity index (χ3v) is 2.58. The van der Waals surface area contributed by atoms with Crippen LogP contribution in [0.2, 0.25) is 0 Å². The number of anilines is 1. The number of para-hydroxylation sites is 1. The lowest BCUT2D eigenvalue weighted by Crippen LogP contribution is -2.26. The van der Waals surface area contributed by atoms with Crippen LogP contribution in [0.1, 0.15) is 5.56 Å². The van der Waals surface area contributed by atoms with Gasteiger partial charge in [0.2, 0.25) is 0 Å². The molecule has 5 nitrogen and oxygen atoms in total. The maximum Gasteiger partial charge on any atom is 0.344 e. The lowest BCUT2D eigenvalue weighted by atomic mass is 10.2. The summed E-state index contributed by atoms with van der Waals surface area (Å²) in [5.41, 5.74) is 6.53. The van der Waals surface area contributed by atoms with Gasteiger partial charge in [-0.3, -0.25) is 4.72 Å². The first kappa shape index (κ1) is 8.06. The van der Waals surface area contributed by atoms with Gasteiger partial charge in [-0.1, -0.05) is 12.1 Å². The molecule has 68 valence electrons. The third-order valence-electron chi connectivity index (χ3n) is 1.66. The Morgan fingerprint density at radius 3 is 2.77 bits per heavy atom. The lowest BCUT2D eigenvalue weighted by molar-refractivity contribution is 0.602. The van der Waals surface area contributed by atoms with Crippen molar-refractivity contribution in [2.45, 2.75) is 0 Å². The number of nitrogens with one attached hydrogen (secondary N) is 1. The molecule has 0 spiro atoms. The minimum atomic E-state index is -3.63. The highest BCUT2D eigenvalue weighted by Gasteiger charge is 2.19. The average molecular weight is 197 g/mol. The standard InChI is InChI=1S/C7H7N3O2S/c8-7-5-3-1-2-4-6(5)9-13(11,12)10-7/h1-4,9H,(H2,8,10). The largest absolute Gasteiger partial charge is 0.382 e. The van der Waals surface area contributed by atoms with Gasteiger partial charge in [0.15, 0.2) is 0 Å². The van der Waals surface area contributed by atoms with Crippen LogP contribution in [0.15, 0.2) is 28.7 Å². The van der Waals surface area contributed by atoms with Crippen LogP contribution < -0.4 is 10.5 Å². The topological polar surface area (TPSA) is 84.5 Å². The van der Waals surface area contributed by atoms with E-state index in [4.69, 9.17) is 5.73 Å². The Labute approximate surface area is 75.5 Å². The predicted molar refractivity (Wildman–Crippen MR) is 49.7 cm³/mol. The molecule has 0 aliphatic carbocycles. The maximum atomic E-state index is 11.0. The second-order valence-corrected chi connectivity index (χ2v) is 3.94. The highest BCUT2D eigenvalue weighted by atomic mass is 32.2. The minimum Gasteiger partial charge on any atom is -0.382 e. The van der Waals surface area contributed by atoms with Crippen molar-refractivity contribution < 1.29 is 8.42 Å². The van der Waals surface area contributed by atoms with Crippen molar-refractivity contribution >= 4 is 21.7 Å². The molecular weight excluding hydrogens is 190 g/mol. The van der Waals surface area contributed by atoms with E-state index < -0.39 is 10.2 Å². The SMILES string of the molecule is NC1=NS(=O)(=O)Nc2ccccc21. The summed E-state index contributed by atoms with van der Waals surface area (Å²) in [6.07, 6.45) is 0. The van der Waals surface area contributed by atoms with Crippen LogP contribution in [-0.2, 0) is 10.2 Å². The van der Waals surface area contributed by atoms with Crippen LogP contribution in [-0.4, -0.2) is 14.3 Å². The van der Waals surface area contributed by atoms with Crippen molar-refractivity contribution in [3.05, 3.63) is 29.8 Å². The van der Waals surface area contributed by atoms with Crippen LogP contribution in [0.3, 0.4) is 0 Å². The quantitative estimate of drug-likeness (QED) is 0.616. The van der Waals surface area contributed by atoms with E-state index in [1.807, 2.05) is 0 Å². The van der Waals surface area contributed by atoms with Gasteiger partial charge in [-0.2, -0.15) is 8.42 Å². The smallest absolute Gasteiger partial charge is 0.344 e. The van der Waals surface area contributed by atoms with Crippen LogP contribution in [0.25, 0.3) is 0 Å². The fraction of sp³-hybridized carbons (Fsp3) is 0. The molecule has 0 saturated carbocycles. The van der Waals surface area contributed by atoms with E-state index in [-0.39, 0.29) is 5.84 Å². The summed E-state index contributed by atoms with van der Waals surface area (Å²) in [7, 11) is -3.63. The van der Waals surface area contributed by atoms with Gasteiger partial charge in [0.1, 0.15) is 5.84 Å². The zero-order valence-corrected chi connectivity index (χ0v) is 7.38. The Morgan fingerprint density at radius 2 is 2.00 bits per heavy atom. The highest BCUT2D eigenvalue weighted by molar-refractivity contribution is 7.91. The molecule has 0 bridgehead atoms. The number of nitrogens with zero attached hydrogens (tertiary/aromatic N) is 1. The summed E-state index contributed by atoms with van der Waals surface area (Å²) >= 11 is 0. The molecule has 6 heteroatoms. The summed E-state index contributed by atoms with van der Waals surface area (Å²) in [6, 6.07) is 6.82. The van der Waals surface area contributed by atoms with Crippen LogP contribution in [0.4, 0.5) is 5.69 Å². The summed E-state index contributed by atoms with van der Waals surface area (Å²) in [5, 5.41) is 0. The molecule has 0 amide bonds. The van der Waals surface area contributed by atoms with E-state index >= 15 is 0 Å². The van der Waals surface area contributed by atoms with Crippen molar-refractivity contribution in [3.8, 4) is 0 Å². The van der Waals surface area contributed by atoms with E-state index in [0.29, 0.717) is 11.3 Å². The highest BCUT2D eigenvalue weighted by Crippen LogP contribution is 2.20. The Balaban J connectivity index is 2.68. The monoisotopic (exact) mass is 197 g/mol. The van der Waals surface area contributed by atoms with Gasteiger partial charge in [0.25, 0.3) is 0 Å². The normalized spacial score (nSPS) is 18.3. The summed E-state index contributed by atoms with van der Waals surface area (Å²) in [5.74, 6) is 0.0225. The molecule has 3 N–H and O–H groups in total. The van der Waals surface area contributed by atoms with Gasteiger partial charge in [0.05, 0.1) is 5.69 Å². The molecule has 1 heterocycles. The Hall–Kier alpha value is -1.56. The number of amidine groups is 1.